The average molecular weight is 697 g/mol. The van der Waals surface area contributed by atoms with E-state index in [1.165, 1.54) is 4.90 Å². The predicted molar refractivity (Wildman–Crippen MR) is 215 cm³/mol. The molecule has 0 N–H and O–H groups in total. The first-order chi connectivity index (χ1) is 26.7. The van der Waals surface area contributed by atoms with Gasteiger partial charge in [0.25, 0.3) is 11.8 Å². The second kappa shape index (κ2) is 12.8. The summed E-state index contributed by atoms with van der Waals surface area (Å²) in [5, 5.41) is 0. The first-order valence-electron chi connectivity index (χ1n) is 18.1. The molecule has 6 nitrogen and oxygen atoms in total. The van der Waals surface area contributed by atoms with E-state index < -0.39 is 0 Å². The standard InChI is InChI=1S/C48H32N4O2/c53-47-40-18-9-19-43(44(40)48(54)52(47)42-21-20-35(31-10-3-1-4-11-31)30-41(42)32-12-5-2-6-13-32)51-45-36(33-22-26-49-27-23-33)14-7-16-38(45)39-17-8-15-37(46(39)51)34-24-28-50-29-25-34/h1-30,38,45H. The van der Waals surface area contributed by atoms with Gasteiger partial charge in [-0.1, -0.05) is 109 Å². The molecule has 256 valence electrons. The van der Waals surface area contributed by atoms with Crippen LogP contribution in [0.1, 0.15) is 37.8 Å². The Kier molecular flexibility index (Phi) is 7.47. The molecule has 2 atom stereocenters. The van der Waals surface area contributed by atoms with E-state index in [0.29, 0.717) is 22.5 Å². The van der Waals surface area contributed by atoms with Gasteiger partial charge >= 0.3 is 0 Å². The molecule has 2 unspecified atom stereocenters. The normalized spacial score (nSPS) is 16.9. The lowest BCUT2D eigenvalue weighted by Gasteiger charge is -2.35. The maximum atomic E-state index is 15.1. The van der Waals surface area contributed by atoms with Crippen molar-refractivity contribution in [2.24, 2.45) is 0 Å². The highest BCUT2D eigenvalue weighted by molar-refractivity contribution is 6.37. The van der Waals surface area contributed by atoms with Gasteiger partial charge in [0.2, 0.25) is 0 Å². The number of allylic oxidation sites excluding steroid dienone is 2. The minimum atomic E-state index is -0.345. The summed E-state index contributed by atoms with van der Waals surface area (Å²) in [6, 6.07) is 46.0. The van der Waals surface area contributed by atoms with Crippen LogP contribution in [0.4, 0.5) is 17.1 Å². The van der Waals surface area contributed by atoms with Crippen molar-refractivity contribution in [1.82, 2.24) is 9.97 Å². The van der Waals surface area contributed by atoms with E-state index in [1.54, 1.807) is 18.5 Å². The van der Waals surface area contributed by atoms with Crippen molar-refractivity contribution in [2.45, 2.75) is 12.0 Å². The van der Waals surface area contributed by atoms with Gasteiger partial charge in [-0.25, -0.2) is 4.90 Å². The average Bonchev–Trinajstić information content (AvgIpc) is 3.72. The number of anilines is 3. The molecule has 7 aromatic rings. The number of aromatic nitrogens is 2. The molecular formula is C48H32N4O2. The van der Waals surface area contributed by atoms with E-state index in [2.05, 4.69) is 69.5 Å². The maximum absolute atomic E-state index is 15.1. The summed E-state index contributed by atoms with van der Waals surface area (Å²) in [5.41, 5.74) is 12.2. The van der Waals surface area contributed by atoms with Crippen LogP contribution in [0.15, 0.2) is 183 Å². The smallest absolute Gasteiger partial charge is 0.268 e. The molecule has 0 spiro atoms. The van der Waals surface area contributed by atoms with E-state index in [-0.39, 0.29) is 23.8 Å². The predicted octanol–water partition coefficient (Wildman–Crippen LogP) is 10.5. The summed E-state index contributed by atoms with van der Waals surface area (Å²) in [6.07, 6.45) is 13.8. The highest BCUT2D eigenvalue weighted by Gasteiger charge is 2.47. The molecule has 0 fully saturated rings. The summed E-state index contributed by atoms with van der Waals surface area (Å²) in [6.45, 7) is 0. The van der Waals surface area contributed by atoms with Crippen LogP contribution in [-0.4, -0.2) is 27.8 Å². The van der Waals surface area contributed by atoms with Gasteiger partial charge in [-0.05, 0) is 87.5 Å². The van der Waals surface area contributed by atoms with Crippen molar-refractivity contribution in [3.8, 4) is 33.4 Å². The lowest BCUT2D eigenvalue weighted by Crippen LogP contribution is -2.34. The Morgan fingerprint density at radius 2 is 1.15 bits per heavy atom. The van der Waals surface area contributed by atoms with Crippen molar-refractivity contribution in [1.29, 1.82) is 0 Å². The molecule has 4 heterocycles. The molecule has 3 aliphatic rings. The largest absolute Gasteiger partial charge is 0.331 e. The van der Waals surface area contributed by atoms with E-state index in [1.807, 2.05) is 109 Å². The Bertz CT molecular complexity index is 2660. The molecule has 10 rings (SSSR count). The first kappa shape index (κ1) is 31.5. The van der Waals surface area contributed by atoms with Crippen LogP contribution in [-0.2, 0) is 0 Å². The molecule has 2 amide bonds. The van der Waals surface area contributed by atoms with Gasteiger partial charge in [-0.15, -0.1) is 0 Å². The molecule has 0 saturated carbocycles. The lowest BCUT2D eigenvalue weighted by molar-refractivity contribution is 0.0926. The number of benzene rings is 5. The summed E-state index contributed by atoms with van der Waals surface area (Å²) >= 11 is 0. The molecule has 0 saturated heterocycles. The third kappa shape index (κ3) is 4.95. The van der Waals surface area contributed by atoms with Gasteiger partial charge in [0.15, 0.2) is 0 Å². The monoisotopic (exact) mass is 696 g/mol. The highest BCUT2D eigenvalue weighted by Crippen LogP contribution is 2.56. The molecule has 2 aromatic heterocycles. The minimum Gasteiger partial charge on any atom is -0.331 e. The van der Waals surface area contributed by atoms with Crippen molar-refractivity contribution >= 4 is 34.4 Å². The fourth-order valence-corrected chi connectivity index (χ4v) is 8.41. The summed E-state index contributed by atoms with van der Waals surface area (Å²) in [4.78, 5) is 42.1. The lowest BCUT2D eigenvalue weighted by atomic mass is 9.83. The number of pyridine rings is 2. The van der Waals surface area contributed by atoms with Crippen LogP contribution in [0.3, 0.4) is 0 Å². The Morgan fingerprint density at radius 3 is 1.89 bits per heavy atom. The number of carbonyl (C=O) groups is 2. The van der Waals surface area contributed by atoms with Crippen LogP contribution in [0.5, 0.6) is 0 Å². The number of fused-ring (bicyclic) bond motifs is 4. The number of amides is 2. The molecule has 2 aliphatic heterocycles. The fraction of sp³-hybridized carbons (Fsp3) is 0.0417. The molecule has 6 heteroatoms. The van der Waals surface area contributed by atoms with Crippen LogP contribution in [0.2, 0.25) is 0 Å². The summed E-state index contributed by atoms with van der Waals surface area (Å²) in [7, 11) is 0. The number of para-hydroxylation sites is 1. The van der Waals surface area contributed by atoms with Gasteiger partial charge in [-0.2, -0.15) is 0 Å². The Morgan fingerprint density at radius 1 is 0.500 bits per heavy atom. The number of carbonyl (C=O) groups excluding carboxylic acids is 2. The Hall–Kier alpha value is -7.18. The van der Waals surface area contributed by atoms with Crippen molar-refractivity contribution in [2.75, 3.05) is 9.80 Å². The van der Waals surface area contributed by atoms with E-state index in [4.69, 9.17) is 0 Å². The topological polar surface area (TPSA) is 66.4 Å². The summed E-state index contributed by atoms with van der Waals surface area (Å²) in [5.74, 6) is -0.694. The first-order valence-corrected chi connectivity index (χ1v) is 18.1. The number of imide groups is 1. The van der Waals surface area contributed by atoms with Gasteiger partial charge in [0, 0.05) is 41.8 Å². The Balaban J connectivity index is 1.17. The molecule has 0 radical (unpaired) electrons. The zero-order valence-electron chi connectivity index (χ0n) is 29.1. The van der Waals surface area contributed by atoms with Gasteiger partial charge in [0.1, 0.15) is 0 Å². The van der Waals surface area contributed by atoms with Gasteiger partial charge in [0.05, 0.1) is 34.2 Å². The van der Waals surface area contributed by atoms with Crippen molar-refractivity contribution in [3.63, 3.8) is 0 Å². The third-order valence-corrected chi connectivity index (χ3v) is 10.8. The van der Waals surface area contributed by atoms with E-state index in [9.17, 15) is 4.79 Å². The second-order valence-electron chi connectivity index (χ2n) is 13.7. The zero-order valence-corrected chi connectivity index (χ0v) is 29.1. The zero-order chi connectivity index (χ0) is 36.2. The third-order valence-electron chi connectivity index (χ3n) is 10.8. The van der Waals surface area contributed by atoms with Gasteiger partial charge < -0.3 is 4.90 Å². The number of hydrogen-bond acceptors (Lipinski definition) is 5. The fourth-order valence-electron chi connectivity index (χ4n) is 8.41. The summed E-state index contributed by atoms with van der Waals surface area (Å²) < 4.78 is 0. The van der Waals surface area contributed by atoms with Crippen LogP contribution >= 0.6 is 0 Å². The van der Waals surface area contributed by atoms with Crippen LogP contribution in [0.25, 0.3) is 39.0 Å². The molecule has 0 bridgehead atoms. The van der Waals surface area contributed by atoms with Gasteiger partial charge in [-0.3, -0.25) is 19.6 Å². The molecule has 5 aromatic carbocycles. The second-order valence-corrected chi connectivity index (χ2v) is 13.7. The molecular weight excluding hydrogens is 665 g/mol. The van der Waals surface area contributed by atoms with Crippen LogP contribution in [0, 0.1) is 0 Å². The number of rotatable bonds is 6. The SMILES string of the molecule is O=C1c2cccc(N3c4c(-c5ccncc5)cccc4C4C=CC=C(c5ccncc5)C43)c2C(=O)N1c1ccc(-c2ccccc2)cc1-c1ccccc1. The van der Waals surface area contributed by atoms with Crippen molar-refractivity contribution < 1.29 is 9.59 Å². The molecule has 54 heavy (non-hydrogen) atoms. The quantitative estimate of drug-likeness (QED) is 0.162. The van der Waals surface area contributed by atoms with E-state index in [0.717, 1.165) is 55.8 Å². The minimum absolute atomic E-state index is 0.00988. The van der Waals surface area contributed by atoms with E-state index >= 15 is 4.79 Å². The van der Waals surface area contributed by atoms with Crippen LogP contribution < -0.4 is 9.80 Å². The highest BCUT2D eigenvalue weighted by atomic mass is 16.2. The Labute approximate surface area is 313 Å². The molecule has 1 aliphatic carbocycles. The van der Waals surface area contributed by atoms with Crippen molar-refractivity contribution in [3.05, 3.63) is 205 Å². The maximum Gasteiger partial charge on any atom is 0.268 e. The number of nitrogens with zero attached hydrogens (tertiary/aromatic N) is 4. The number of hydrogen-bond donors (Lipinski definition) is 0.